The molecule has 0 saturated carbocycles. The number of sulfonamides is 1. The number of carbonyl (C=O) groups is 1. The van der Waals surface area contributed by atoms with Crippen LogP contribution >= 0.6 is 0 Å². The number of hydrogen-bond donors (Lipinski definition) is 0. The molecule has 0 radical (unpaired) electrons. The molecule has 0 atom stereocenters. The Bertz CT molecular complexity index is 1110. The SMILES string of the molecule is Cc1ccc(S(=O)(=O)N(C)CC(=O)N2CCN(Cc3cccc([N+](=O)[O-])c3)CC2)cc1C. The summed E-state index contributed by atoms with van der Waals surface area (Å²) in [4.78, 5) is 27.2. The van der Waals surface area contributed by atoms with E-state index in [1.807, 2.05) is 19.9 Å². The van der Waals surface area contributed by atoms with Gasteiger partial charge in [-0.15, -0.1) is 0 Å². The summed E-state index contributed by atoms with van der Waals surface area (Å²) in [7, 11) is -2.34. The zero-order chi connectivity index (χ0) is 23.5. The molecule has 0 N–H and O–H groups in total. The maximum Gasteiger partial charge on any atom is 0.269 e. The molecule has 10 heteroatoms. The Kier molecular flexibility index (Phi) is 7.27. The summed E-state index contributed by atoms with van der Waals surface area (Å²) in [5, 5.41) is 10.9. The van der Waals surface area contributed by atoms with Crippen LogP contribution in [0.3, 0.4) is 0 Å². The van der Waals surface area contributed by atoms with E-state index >= 15 is 0 Å². The van der Waals surface area contributed by atoms with Crippen molar-refractivity contribution in [2.75, 3.05) is 39.8 Å². The normalized spacial score (nSPS) is 15.2. The van der Waals surface area contributed by atoms with Crippen molar-refractivity contribution in [2.24, 2.45) is 0 Å². The summed E-state index contributed by atoms with van der Waals surface area (Å²) in [5.74, 6) is -0.241. The minimum atomic E-state index is -3.75. The Morgan fingerprint density at radius 2 is 1.75 bits per heavy atom. The molecule has 2 aromatic rings. The van der Waals surface area contributed by atoms with Crippen LogP contribution in [0.5, 0.6) is 0 Å². The third-order valence-electron chi connectivity index (χ3n) is 5.80. The lowest BCUT2D eigenvalue weighted by atomic mass is 10.1. The highest BCUT2D eigenvalue weighted by Crippen LogP contribution is 2.19. The number of nitro benzene ring substituents is 1. The van der Waals surface area contributed by atoms with E-state index in [9.17, 15) is 23.3 Å². The zero-order valence-corrected chi connectivity index (χ0v) is 19.3. The van der Waals surface area contributed by atoms with E-state index < -0.39 is 14.9 Å². The molecule has 1 fully saturated rings. The number of nitrogens with zero attached hydrogens (tertiary/aromatic N) is 4. The first-order valence-corrected chi connectivity index (χ1v) is 11.8. The largest absolute Gasteiger partial charge is 0.339 e. The van der Waals surface area contributed by atoms with Crippen molar-refractivity contribution in [1.82, 2.24) is 14.1 Å². The highest BCUT2D eigenvalue weighted by molar-refractivity contribution is 7.89. The lowest BCUT2D eigenvalue weighted by Crippen LogP contribution is -2.51. The van der Waals surface area contributed by atoms with Crippen molar-refractivity contribution in [1.29, 1.82) is 0 Å². The van der Waals surface area contributed by atoms with Gasteiger partial charge in [-0.25, -0.2) is 8.42 Å². The van der Waals surface area contributed by atoms with Gasteiger partial charge < -0.3 is 4.90 Å². The van der Waals surface area contributed by atoms with Crippen LogP contribution in [0.4, 0.5) is 5.69 Å². The number of non-ortho nitro benzene ring substituents is 1. The van der Waals surface area contributed by atoms with Gasteiger partial charge in [-0.2, -0.15) is 4.31 Å². The maximum atomic E-state index is 12.8. The highest BCUT2D eigenvalue weighted by atomic mass is 32.2. The van der Waals surface area contributed by atoms with Crippen LogP contribution in [0.2, 0.25) is 0 Å². The fraction of sp³-hybridized carbons (Fsp3) is 0.409. The molecule has 172 valence electrons. The van der Waals surface area contributed by atoms with Gasteiger partial charge in [0, 0.05) is 51.9 Å². The molecule has 1 aliphatic rings. The molecule has 0 aliphatic carbocycles. The number of piperazine rings is 1. The van der Waals surface area contributed by atoms with Gasteiger partial charge in [0.25, 0.3) is 5.69 Å². The molecule has 32 heavy (non-hydrogen) atoms. The molecular formula is C22H28N4O5S. The van der Waals surface area contributed by atoms with Gasteiger partial charge in [0.15, 0.2) is 0 Å². The van der Waals surface area contributed by atoms with Gasteiger partial charge in [-0.05, 0) is 42.7 Å². The van der Waals surface area contributed by atoms with Crippen LogP contribution in [0.15, 0.2) is 47.4 Å². The van der Waals surface area contributed by atoms with Crippen molar-refractivity contribution in [3.63, 3.8) is 0 Å². The summed E-state index contributed by atoms with van der Waals surface area (Å²) >= 11 is 0. The first-order valence-electron chi connectivity index (χ1n) is 10.3. The van der Waals surface area contributed by atoms with E-state index in [-0.39, 0.29) is 23.0 Å². The first kappa shape index (κ1) is 23.8. The molecule has 1 heterocycles. The predicted molar refractivity (Wildman–Crippen MR) is 121 cm³/mol. The summed E-state index contributed by atoms with van der Waals surface area (Å²) in [6.45, 7) is 6.29. The molecule has 0 unspecified atom stereocenters. The van der Waals surface area contributed by atoms with Gasteiger partial charge in [0.05, 0.1) is 16.4 Å². The Balaban J connectivity index is 1.55. The van der Waals surface area contributed by atoms with Gasteiger partial charge >= 0.3 is 0 Å². The summed E-state index contributed by atoms with van der Waals surface area (Å²) in [6.07, 6.45) is 0. The Hall–Kier alpha value is -2.82. The van der Waals surface area contributed by atoms with E-state index in [0.717, 1.165) is 21.0 Å². The van der Waals surface area contributed by atoms with Crippen LogP contribution in [0, 0.1) is 24.0 Å². The topological polar surface area (TPSA) is 104 Å². The Morgan fingerprint density at radius 3 is 2.38 bits per heavy atom. The van der Waals surface area contributed by atoms with Crippen LogP contribution in [-0.4, -0.2) is 73.1 Å². The average molecular weight is 461 g/mol. The third kappa shape index (κ3) is 5.50. The van der Waals surface area contributed by atoms with Crippen molar-refractivity contribution < 1.29 is 18.1 Å². The number of nitro groups is 1. The van der Waals surface area contributed by atoms with Gasteiger partial charge in [-0.1, -0.05) is 18.2 Å². The smallest absolute Gasteiger partial charge is 0.269 e. The van der Waals surface area contributed by atoms with Crippen LogP contribution in [0.1, 0.15) is 16.7 Å². The van der Waals surface area contributed by atoms with E-state index in [1.165, 1.54) is 13.1 Å². The molecular weight excluding hydrogens is 432 g/mol. The minimum Gasteiger partial charge on any atom is -0.339 e. The Labute approximate surface area is 188 Å². The van der Waals surface area contributed by atoms with Crippen molar-refractivity contribution in [2.45, 2.75) is 25.3 Å². The molecule has 2 aromatic carbocycles. The summed E-state index contributed by atoms with van der Waals surface area (Å²) < 4.78 is 26.8. The molecule has 0 spiro atoms. The van der Waals surface area contributed by atoms with Crippen LogP contribution in [0.25, 0.3) is 0 Å². The lowest BCUT2D eigenvalue weighted by molar-refractivity contribution is -0.384. The molecule has 9 nitrogen and oxygen atoms in total. The van der Waals surface area contributed by atoms with Crippen LogP contribution in [-0.2, 0) is 21.4 Å². The molecule has 1 amide bonds. The molecule has 0 bridgehead atoms. The molecule has 1 aliphatic heterocycles. The quantitative estimate of drug-likeness (QED) is 0.463. The van der Waals surface area contributed by atoms with Gasteiger partial charge in [0.1, 0.15) is 0 Å². The fourth-order valence-corrected chi connectivity index (χ4v) is 4.82. The van der Waals surface area contributed by atoms with Crippen molar-refractivity contribution in [3.8, 4) is 0 Å². The number of benzene rings is 2. The number of amides is 1. The number of rotatable bonds is 7. The van der Waals surface area contributed by atoms with E-state index in [2.05, 4.69) is 4.90 Å². The highest BCUT2D eigenvalue weighted by Gasteiger charge is 2.27. The molecule has 3 rings (SSSR count). The summed E-state index contributed by atoms with van der Waals surface area (Å²) in [5.41, 5.74) is 2.79. The second-order valence-corrected chi connectivity index (χ2v) is 10.1. The van der Waals surface area contributed by atoms with E-state index in [0.29, 0.717) is 32.7 Å². The van der Waals surface area contributed by atoms with Gasteiger partial charge in [-0.3, -0.25) is 19.8 Å². The molecule has 1 saturated heterocycles. The fourth-order valence-electron chi connectivity index (χ4n) is 3.61. The monoisotopic (exact) mass is 460 g/mol. The summed E-state index contributed by atoms with van der Waals surface area (Å²) in [6, 6.07) is 11.5. The molecule has 0 aromatic heterocycles. The van der Waals surface area contributed by atoms with E-state index in [4.69, 9.17) is 0 Å². The van der Waals surface area contributed by atoms with Gasteiger partial charge in [0.2, 0.25) is 15.9 Å². The number of hydrogen-bond acceptors (Lipinski definition) is 6. The second-order valence-electron chi connectivity index (χ2n) is 8.09. The number of likely N-dealkylation sites (N-methyl/N-ethyl adjacent to an activating group) is 1. The van der Waals surface area contributed by atoms with E-state index in [1.54, 1.807) is 35.2 Å². The number of aryl methyl sites for hydroxylation is 2. The average Bonchev–Trinajstić information content (AvgIpc) is 2.76. The second kappa shape index (κ2) is 9.76. The zero-order valence-electron chi connectivity index (χ0n) is 18.5. The first-order chi connectivity index (χ1) is 15.1. The predicted octanol–water partition coefficient (Wildman–Crippen LogP) is 2.18. The Morgan fingerprint density at radius 1 is 1.06 bits per heavy atom. The minimum absolute atomic E-state index is 0.0596. The van der Waals surface area contributed by atoms with Crippen molar-refractivity contribution in [3.05, 3.63) is 69.3 Å². The maximum absolute atomic E-state index is 12.8. The third-order valence-corrected chi connectivity index (χ3v) is 7.60. The number of carbonyl (C=O) groups excluding carboxylic acids is 1. The standard InChI is InChI=1S/C22H28N4O5S/c1-17-7-8-21(13-18(17)2)32(30,31)23(3)16-22(27)25-11-9-24(10-12-25)15-19-5-4-6-20(14-19)26(28)29/h4-8,13-14H,9-12,15-16H2,1-3H3. The van der Waals surface area contributed by atoms with Crippen LogP contribution < -0.4 is 0 Å². The lowest BCUT2D eigenvalue weighted by Gasteiger charge is -2.35. The van der Waals surface area contributed by atoms with Crippen molar-refractivity contribution >= 4 is 21.6 Å².